The van der Waals surface area contributed by atoms with Gasteiger partial charge in [0.2, 0.25) is 11.8 Å². The molecule has 6 nitrogen and oxygen atoms in total. The minimum atomic E-state index is -1.06. The van der Waals surface area contributed by atoms with Crippen molar-refractivity contribution in [2.24, 2.45) is 0 Å². The Balaban J connectivity index is 2.19. The molecule has 0 radical (unpaired) electrons. The van der Waals surface area contributed by atoms with E-state index in [0.717, 1.165) is 5.56 Å². The van der Waals surface area contributed by atoms with E-state index in [2.05, 4.69) is 10.6 Å². The molecule has 0 unspecified atom stereocenters. The van der Waals surface area contributed by atoms with Crippen LogP contribution in [-0.2, 0) is 32.0 Å². The fourth-order valence-corrected chi connectivity index (χ4v) is 3.06. The second kappa shape index (κ2) is 10.6. The summed E-state index contributed by atoms with van der Waals surface area (Å²) in [5.41, 5.74) is 0.990. The van der Waals surface area contributed by atoms with Crippen LogP contribution in [0.15, 0.2) is 48.5 Å². The van der Waals surface area contributed by atoms with E-state index in [1.807, 2.05) is 0 Å². The SMILES string of the molecule is COC(=O)[C@H](Cc1cccc(Cl)c1)NC(=O)[C@@H](Cc1ccccc1F)NC(C)=O. The molecule has 29 heavy (non-hydrogen) atoms. The van der Waals surface area contributed by atoms with Gasteiger partial charge in [0.25, 0.3) is 0 Å². The van der Waals surface area contributed by atoms with Crippen LogP contribution in [0.5, 0.6) is 0 Å². The van der Waals surface area contributed by atoms with Crippen LogP contribution in [0, 0.1) is 5.82 Å². The van der Waals surface area contributed by atoms with Gasteiger partial charge in [0.1, 0.15) is 17.9 Å². The number of hydrogen-bond donors (Lipinski definition) is 2. The number of carbonyl (C=O) groups excluding carboxylic acids is 3. The first-order valence-electron chi connectivity index (χ1n) is 8.93. The zero-order chi connectivity index (χ0) is 21.4. The van der Waals surface area contributed by atoms with Crippen LogP contribution in [0.4, 0.5) is 4.39 Å². The molecule has 0 bridgehead atoms. The van der Waals surface area contributed by atoms with Crippen molar-refractivity contribution in [2.75, 3.05) is 7.11 Å². The molecular formula is C21H22ClFN2O4. The van der Waals surface area contributed by atoms with Crippen molar-refractivity contribution >= 4 is 29.4 Å². The lowest BCUT2D eigenvalue weighted by Gasteiger charge is -2.22. The molecule has 0 heterocycles. The Hall–Kier alpha value is -2.93. The molecule has 0 aromatic heterocycles. The van der Waals surface area contributed by atoms with Crippen LogP contribution >= 0.6 is 11.6 Å². The smallest absolute Gasteiger partial charge is 0.328 e. The monoisotopic (exact) mass is 420 g/mol. The van der Waals surface area contributed by atoms with Gasteiger partial charge in [-0.3, -0.25) is 9.59 Å². The normalized spacial score (nSPS) is 12.6. The average Bonchev–Trinajstić information content (AvgIpc) is 2.67. The van der Waals surface area contributed by atoms with E-state index in [9.17, 15) is 18.8 Å². The largest absolute Gasteiger partial charge is 0.467 e. The van der Waals surface area contributed by atoms with Crippen LogP contribution < -0.4 is 10.6 Å². The van der Waals surface area contributed by atoms with Gasteiger partial charge in [0.15, 0.2) is 0 Å². The van der Waals surface area contributed by atoms with Crippen LogP contribution in [0.2, 0.25) is 5.02 Å². The summed E-state index contributed by atoms with van der Waals surface area (Å²) in [6, 6.07) is 10.8. The van der Waals surface area contributed by atoms with Crippen LogP contribution in [-0.4, -0.2) is 37.0 Å². The van der Waals surface area contributed by atoms with Gasteiger partial charge in [-0.15, -0.1) is 0 Å². The molecule has 2 aromatic rings. The lowest BCUT2D eigenvalue weighted by Crippen LogP contribution is -2.53. The zero-order valence-corrected chi connectivity index (χ0v) is 16.8. The van der Waals surface area contributed by atoms with Gasteiger partial charge in [-0.05, 0) is 29.3 Å². The first-order valence-corrected chi connectivity index (χ1v) is 9.31. The highest BCUT2D eigenvalue weighted by Gasteiger charge is 2.27. The third-order valence-corrected chi connectivity index (χ3v) is 4.44. The Kier molecular flexibility index (Phi) is 8.15. The number of halogens is 2. The topological polar surface area (TPSA) is 84.5 Å². The standard InChI is InChI=1S/C21H22ClFN2O4/c1-13(26)24-18(12-15-7-3-4-9-17(15)23)20(27)25-19(21(28)29-2)11-14-6-5-8-16(22)10-14/h3-10,18-19H,11-12H2,1-2H3,(H,24,26)(H,25,27)/t18-,19+/m1/s1. The first kappa shape index (κ1) is 22.4. The second-order valence-corrected chi connectivity index (χ2v) is 6.90. The summed E-state index contributed by atoms with van der Waals surface area (Å²) in [6.07, 6.45) is 0.0780. The number of hydrogen-bond acceptors (Lipinski definition) is 4. The van der Waals surface area contributed by atoms with Crippen molar-refractivity contribution in [3.05, 3.63) is 70.5 Å². The van der Waals surface area contributed by atoms with Gasteiger partial charge in [-0.25, -0.2) is 9.18 Å². The fourth-order valence-electron chi connectivity index (χ4n) is 2.85. The summed E-state index contributed by atoms with van der Waals surface area (Å²) >= 11 is 5.97. The number of nitrogens with one attached hydrogen (secondary N) is 2. The van der Waals surface area contributed by atoms with E-state index in [0.29, 0.717) is 5.02 Å². The number of benzene rings is 2. The van der Waals surface area contributed by atoms with Crippen molar-refractivity contribution in [2.45, 2.75) is 31.8 Å². The first-order chi connectivity index (χ1) is 13.8. The maximum absolute atomic E-state index is 14.0. The molecule has 2 N–H and O–H groups in total. The number of esters is 1. The van der Waals surface area contributed by atoms with Crippen LogP contribution in [0.1, 0.15) is 18.1 Å². The summed E-state index contributed by atoms with van der Waals surface area (Å²) in [7, 11) is 1.21. The molecule has 0 saturated carbocycles. The second-order valence-electron chi connectivity index (χ2n) is 6.47. The Bertz CT molecular complexity index is 890. The van der Waals surface area contributed by atoms with E-state index in [-0.39, 0.29) is 18.4 Å². The molecule has 2 atom stereocenters. The number of carbonyl (C=O) groups is 3. The lowest BCUT2D eigenvalue weighted by molar-refractivity contribution is -0.145. The Morgan fingerprint density at radius 1 is 1.03 bits per heavy atom. The summed E-state index contributed by atoms with van der Waals surface area (Å²) in [4.78, 5) is 36.5. The van der Waals surface area contributed by atoms with E-state index < -0.39 is 35.7 Å². The maximum Gasteiger partial charge on any atom is 0.328 e. The number of methoxy groups -OCH3 is 1. The molecule has 0 aliphatic heterocycles. The minimum Gasteiger partial charge on any atom is -0.467 e. The summed E-state index contributed by atoms with van der Waals surface area (Å²) in [6.45, 7) is 1.26. The molecule has 0 spiro atoms. The highest BCUT2D eigenvalue weighted by atomic mass is 35.5. The van der Waals surface area contributed by atoms with Gasteiger partial charge in [-0.2, -0.15) is 0 Å². The minimum absolute atomic E-state index is 0.0663. The van der Waals surface area contributed by atoms with Gasteiger partial charge < -0.3 is 15.4 Å². The van der Waals surface area contributed by atoms with E-state index in [4.69, 9.17) is 16.3 Å². The van der Waals surface area contributed by atoms with Crippen molar-refractivity contribution in [3.63, 3.8) is 0 Å². The molecule has 8 heteroatoms. The number of rotatable bonds is 8. The highest BCUT2D eigenvalue weighted by Crippen LogP contribution is 2.14. The van der Waals surface area contributed by atoms with Crippen LogP contribution in [0.3, 0.4) is 0 Å². The van der Waals surface area contributed by atoms with Crippen molar-refractivity contribution in [1.82, 2.24) is 10.6 Å². The Morgan fingerprint density at radius 2 is 1.76 bits per heavy atom. The van der Waals surface area contributed by atoms with E-state index in [1.165, 1.54) is 32.2 Å². The molecular weight excluding hydrogens is 399 g/mol. The lowest BCUT2D eigenvalue weighted by atomic mass is 10.0. The third-order valence-electron chi connectivity index (χ3n) is 4.21. The molecule has 0 fully saturated rings. The number of amides is 2. The van der Waals surface area contributed by atoms with Crippen molar-refractivity contribution in [1.29, 1.82) is 0 Å². The van der Waals surface area contributed by atoms with E-state index >= 15 is 0 Å². The van der Waals surface area contributed by atoms with Crippen LogP contribution in [0.25, 0.3) is 0 Å². The molecule has 2 rings (SSSR count). The predicted molar refractivity (Wildman–Crippen MR) is 107 cm³/mol. The summed E-state index contributed by atoms with van der Waals surface area (Å²) < 4.78 is 18.8. The van der Waals surface area contributed by atoms with Crippen molar-refractivity contribution < 1.29 is 23.5 Å². The average molecular weight is 421 g/mol. The molecule has 0 aliphatic carbocycles. The van der Waals surface area contributed by atoms with Crippen molar-refractivity contribution in [3.8, 4) is 0 Å². The molecule has 2 aromatic carbocycles. The Morgan fingerprint density at radius 3 is 2.38 bits per heavy atom. The molecule has 2 amide bonds. The summed E-state index contributed by atoms with van der Waals surface area (Å²) in [5.74, 6) is -2.21. The third kappa shape index (κ3) is 6.87. The zero-order valence-electron chi connectivity index (χ0n) is 16.1. The molecule has 0 saturated heterocycles. The van der Waals surface area contributed by atoms with Gasteiger partial charge in [-0.1, -0.05) is 41.9 Å². The fraction of sp³-hybridized carbons (Fsp3) is 0.286. The Labute approximate surface area is 173 Å². The summed E-state index contributed by atoms with van der Waals surface area (Å²) in [5, 5.41) is 5.58. The molecule has 0 aliphatic rings. The van der Waals surface area contributed by atoms with Gasteiger partial charge >= 0.3 is 5.97 Å². The van der Waals surface area contributed by atoms with E-state index in [1.54, 1.807) is 30.3 Å². The highest BCUT2D eigenvalue weighted by molar-refractivity contribution is 6.30. The van der Waals surface area contributed by atoms with Gasteiger partial charge in [0.05, 0.1) is 7.11 Å². The molecule has 154 valence electrons. The maximum atomic E-state index is 14.0. The predicted octanol–water partition coefficient (Wildman–Crippen LogP) is 2.43. The number of ether oxygens (including phenoxy) is 1. The quantitative estimate of drug-likeness (QED) is 0.642. The van der Waals surface area contributed by atoms with Gasteiger partial charge in [0, 0.05) is 24.8 Å².